The first kappa shape index (κ1) is 84.7. The monoisotopic (exact) mass is 1490 g/mol. The Bertz CT molecular complexity index is 3030. The Balaban J connectivity index is 1.29. The van der Waals surface area contributed by atoms with Crippen molar-refractivity contribution in [2.24, 2.45) is 41.4 Å². The molecule has 4 saturated carbocycles. The number of ether oxygens (including phenoxy) is 1. The number of fused-ring (bicyclic) bond motifs is 1. The van der Waals surface area contributed by atoms with Crippen LogP contribution in [0.5, 0.6) is 0 Å². The van der Waals surface area contributed by atoms with Crippen LogP contribution in [0.15, 0.2) is 12.7 Å². The third-order valence-electron chi connectivity index (χ3n) is 23.7. The lowest BCUT2D eigenvalue weighted by molar-refractivity contribution is -0.182. The Kier molecular flexibility index (Phi) is 31.2. The van der Waals surface area contributed by atoms with E-state index in [-0.39, 0.29) is 128 Å². The highest BCUT2D eigenvalue weighted by Gasteiger charge is 2.52. The molecule has 3 aliphatic heterocycles. The van der Waals surface area contributed by atoms with Crippen molar-refractivity contribution in [3.05, 3.63) is 12.7 Å². The van der Waals surface area contributed by atoms with Crippen molar-refractivity contribution in [1.82, 2.24) is 60.0 Å². The van der Waals surface area contributed by atoms with Gasteiger partial charge in [0.2, 0.25) is 70.9 Å². The normalized spacial score (nSPS) is 30.5. The van der Waals surface area contributed by atoms with Gasteiger partial charge in [-0.15, -0.1) is 18.2 Å². The zero-order valence-electron chi connectivity index (χ0n) is 63.6. The van der Waals surface area contributed by atoms with E-state index < -0.39 is 174 Å². The lowest BCUT2D eigenvalue weighted by atomic mass is 9.78. The van der Waals surface area contributed by atoms with Gasteiger partial charge in [0.1, 0.15) is 47.8 Å². The molecule has 3 N–H and O–H groups in total. The first-order valence-corrected chi connectivity index (χ1v) is 38.8. The number of hydrogen-bond acceptors (Lipinski definition) is 13. The summed E-state index contributed by atoms with van der Waals surface area (Å²) in [6.45, 7) is 12.5. The van der Waals surface area contributed by atoms with Crippen molar-refractivity contribution in [3.63, 3.8) is 0 Å². The molecule has 586 valence electrons. The van der Waals surface area contributed by atoms with Crippen molar-refractivity contribution >= 4 is 82.5 Å². The first-order chi connectivity index (χ1) is 49.1. The molecule has 7 rings (SSSR count). The predicted molar refractivity (Wildman–Crippen MR) is 385 cm³/mol. The van der Waals surface area contributed by atoms with Crippen LogP contribution in [-0.4, -0.2) is 276 Å². The van der Waals surface area contributed by atoms with E-state index in [4.69, 9.17) is 16.3 Å². The maximum atomic E-state index is 15.7. The van der Waals surface area contributed by atoms with E-state index in [0.29, 0.717) is 44.4 Å². The summed E-state index contributed by atoms with van der Waals surface area (Å²) in [6, 6.07) is -8.72. The Morgan fingerprint density at radius 3 is 1.90 bits per heavy atom. The predicted octanol–water partition coefficient (Wildman–Crippen LogP) is 6.13. The first-order valence-electron chi connectivity index (χ1n) is 38.4. The number of amides is 12. The summed E-state index contributed by atoms with van der Waals surface area (Å²) in [5.74, 6) is -10.4. The SMILES string of the molecule is C=CCCN1C(=O)CN(C)C(=O)CN(C)C(=O)[C@H]([C@@H](C)CC)NC(=O)[C@H](CC(C)C)N(C)C(=O)C[C@@H](C(=O)N2CCOCC2)N(C)C(=O)[C@H](C2CCCC2)N(C)C(=O)C2(CCCC2)NC(=O)[C@@H]2CCCN2C(=O)[C@H](CCC2CCC(C(F)(F)F)C(Cl)C2)NC(=O)CN(C)C(=O)[C@@H]1CC1CCC(C)CC1. The van der Waals surface area contributed by atoms with Gasteiger partial charge in [0.05, 0.1) is 45.2 Å². The second-order valence-electron chi connectivity index (χ2n) is 31.7. The summed E-state index contributed by atoms with van der Waals surface area (Å²) in [4.78, 5) is 193. The molecule has 12 amide bonds. The topological polar surface area (TPSA) is 279 Å². The second-order valence-corrected chi connectivity index (χ2v) is 32.3. The van der Waals surface area contributed by atoms with E-state index >= 15 is 33.6 Å². The van der Waals surface area contributed by atoms with Crippen LogP contribution in [0.3, 0.4) is 0 Å². The van der Waals surface area contributed by atoms with Crippen molar-refractivity contribution < 1.29 is 75.4 Å². The Hall–Kier alpha value is -6.58. The molecule has 0 aromatic carbocycles. The number of likely N-dealkylation sites (N-methyl/N-ethyl adjacent to an activating group) is 6. The number of nitrogens with zero attached hydrogens (tertiary/aromatic N) is 9. The van der Waals surface area contributed by atoms with E-state index in [9.17, 15) is 37.1 Å². The number of nitrogens with one attached hydrogen (secondary N) is 3. The highest BCUT2D eigenvalue weighted by atomic mass is 35.5. The second kappa shape index (κ2) is 38.3. The van der Waals surface area contributed by atoms with Gasteiger partial charge in [0.25, 0.3) is 0 Å². The zero-order valence-corrected chi connectivity index (χ0v) is 64.4. The van der Waals surface area contributed by atoms with Crippen LogP contribution >= 0.6 is 11.6 Å². The molecular weight excluding hydrogens is 1370 g/mol. The Morgan fingerprint density at radius 1 is 0.673 bits per heavy atom. The molecule has 0 aromatic heterocycles. The summed E-state index contributed by atoms with van der Waals surface area (Å²) in [5, 5.41) is 7.64. The molecule has 11 atom stereocenters. The Labute approximate surface area is 618 Å². The lowest BCUT2D eigenvalue weighted by Crippen LogP contribution is -2.65. The maximum Gasteiger partial charge on any atom is 0.393 e. The van der Waals surface area contributed by atoms with E-state index in [1.165, 1.54) is 76.6 Å². The van der Waals surface area contributed by atoms with Gasteiger partial charge < -0.3 is 64.8 Å². The highest BCUT2D eigenvalue weighted by Crippen LogP contribution is 2.44. The van der Waals surface area contributed by atoms with Gasteiger partial charge >= 0.3 is 6.18 Å². The number of morpholine rings is 1. The summed E-state index contributed by atoms with van der Waals surface area (Å²) in [7, 11) is 8.58. The molecule has 3 heterocycles. The summed E-state index contributed by atoms with van der Waals surface area (Å²) >= 11 is 6.43. The summed E-state index contributed by atoms with van der Waals surface area (Å²) in [5.41, 5.74) is -1.57. The van der Waals surface area contributed by atoms with Gasteiger partial charge in [-0.05, 0) is 125 Å². The average molecular weight is 1490 g/mol. The molecule has 7 aliphatic rings. The molecule has 0 bridgehead atoms. The van der Waals surface area contributed by atoms with Crippen LogP contribution in [0.25, 0.3) is 0 Å². The van der Waals surface area contributed by atoms with Gasteiger partial charge in [0, 0.05) is 73.8 Å². The number of carbonyl (C=O) groups is 12. The molecule has 1 spiro atoms. The van der Waals surface area contributed by atoms with Crippen LogP contribution in [0, 0.1) is 41.4 Å². The van der Waals surface area contributed by atoms with Crippen molar-refractivity contribution in [3.8, 4) is 0 Å². The average Bonchev–Trinajstić information content (AvgIpc) is 1.47. The standard InChI is InChI=1S/C75H120ClF3N12O13/c1-13-15-34-90-59(42-51-26-24-48(5)25-27-51)69(99)84(8)44-60(92)80-55(31-29-50-28-30-53(54(76)41-50)75(77,78)79)68(98)91-35-20-23-56(91)67(97)82-74(32-18-19-33-74)73(103)88(12)65(52-21-16-17-22-52)72(102)87(11)58(70(100)89-36-38-104-39-37-89)43-61(93)86(10)57(40-47(3)4)66(96)81-64(49(6)14-2)71(101)85(9)45-62(94)83(7)46-63(90)95/h13,47-59,64-65H,1,14-46H2,2-12H3,(H,80,92)(H,81,96)(H,82,97)/t48?,49-,50?,51?,53?,54?,55-,56-,57-,58-,59-,64-,65-/m0/s1. The summed E-state index contributed by atoms with van der Waals surface area (Å²) in [6.07, 6.45) is 5.20. The quantitative estimate of drug-likeness (QED) is 0.131. The van der Waals surface area contributed by atoms with Crippen molar-refractivity contribution in [2.75, 3.05) is 101 Å². The zero-order chi connectivity index (χ0) is 76.7. The fraction of sp³-hybridized carbons (Fsp3) is 0.813. The summed E-state index contributed by atoms with van der Waals surface area (Å²) < 4.78 is 47.8. The van der Waals surface area contributed by atoms with Crippen LogP contribution in [0.4, 0.5) is 13.2 Å². The number of hydrogen-bond donors (Lipinski definition) is 3. The van der Waals surface area contributed by atoms with E-state index in [2.05, 4.69) is 29.5 Å². The molecule has 0 aromatic rings. The number of halogens is 4. The largest absolute Gasteiger partial charge is 0.393 e. The molecule has 3 unspecified atom stereocenters. The molecule has 25 nitrogen and oxygen atoms in total. The fourth-order valence-electron chi connectivity index (χ4n) is 16.9. The van der Waals surface area contributed by atoms with Crippen molar-refractivity contribution in [1.29, 1.82) is 0 Å². The minimum Gasteiger partial charge on any atom is -0.378 e. The van der Waals surface area contributed by atoms with Gasteiger partial charge in [-0.25, -0.2) is 0 Å². The lowest BCUT2D eigenvalue weighted by Gasteiger charge is -2.42. The molecule has 4 aliphatic carbocycles. The molecule has 7 fully saturated rings. The maximum absolute atomic E-state index is 15.7. The third-order valence-corrected chi connectivity index (χ3v) is 24.2. The van der Waals surface area contributed by atoms with Crippen LogP contribution in [0.2, 0.25) is 0 Å². The molecule has 3 saturated heterocycles. The molecule has 0 radical (unpaired) electrons. The minimum absolute atomic E-state index is 0.00320. The number of carbonyl (C=O) groups excluding carboxylic acids is 12. The van der Waals surface area contributed by atoms with Crippen LogP contribution < -0.4 is 16.0 Å². The van der Waals surface area contributed by atoms with E-state index in [1.54, 1.807) is 13.0 Å². The van der Waals surface area contributed by atoms with Gasteiger partial charge in [0.15, 0.2) is 0 Å². The fourth-order valence-corrected chi connectivity index (χ4v) is 17.4. The van der Waals surface area contributed by atoms with Gasteiger partial charge in [-0.3, -0.25) is 57.5 Å². The van der Waals surface area contributed by atoms with Crippen molar-refractivity contribution in [2.45, 2.75) is 248 Å². The van der Waals surface area contributed by atoms with Gasteiger partial charge in [-0.1, -0.05) is 98.5 Å². The highest BCUT2D eigenvalue weighted by molar-refractivity contribution is 6.21. The van der Waals surface area contributed by atoms with Gasteiger partial charge in [-0.2, -0.15) is 13.2 Å². The minimum atomic E-state index is -4.52. The third kappa shape index (κ3) is 21.6. The molecule has 29 heteroatoms. The molecular formula is C75H120ClF3N12O13. The Morgan fingerprint density at radius 2 is 1.30 bits per heavy atom. The number of alkyl halides is 4. The number of rotatable bonds is 14. The van der Waals surface area contributed by atoms with Crippen LogP contribution in [-0.2, 0) is 62.3 Å². The van der Waals surface area contributed by atoms with E-state index in [1.807, 2.05) is 20.8 Å². The van der Waals surface area contributed by atoms with Crippen LogP contribution in [0.1, 0.15) is 189 Å². The van der Waals surface area contributed by atoms with E-state index in [0.717, 1.165) is 48.3 Å². The molecule has 104 heavy (non-hydrogen) atoms. The smallest absolute Gasteiger partial charge is 0.378 e.